The fraction of sp³-hybridized carbons (Fsp3) is 0.929. The number of nitrogens with zero attached hydrogens (tertiary/aromatic N) is 2. The zero-order chi connectivity index (χ0) is 13.2. The van der Waals surface area contributed by atoms with Crippen LogP contribution in [0.1, 0.15) is 39.0 Å². The van der Waals surface area contributed by atoms with Crippen LogP contribution in [-0.2, 0) is 0 Å². The Morgan fingerprint density at radius 1 is 1.39 bits per heavy atom. The molecular formula is C14H28N4. The lowest BCUT2D eigenvalue weighted by atomic mass is 9.97. The number of rotatable bonds is 6. The van der Waals surface area contributed by atoms with Crippen LogP contribution in [0.15, 0.2) is 0 Å². The fourth-order valence-corrected chi connectivity index (χ4v) is 3.31. The highest BCUT2D eigenvalue weighted by Crippen LogP contribution is 2.49. The number of nitrogens with one attached hydrogen (secondary N) is 1. The first-order chi connectivity index (χ1) is 8.54. The lowest BCUT2D eigenvalue weighted by molar-refractivity contribution is 0.115. The second-order valence-electron chi connectivity index (χ2n) is 6.28. The van der Waals surface area contributed by atoms with E-state index in [0.29, 0.717) is 11.3 Å². The van der Waals surface area contributed by atoms with Crippen LogP contribution < -0.4 is 5.73 Å². The molecule has 3 N–H and O–H groups in total. The third-order valence-corrected chi connectivity index (χ3v) is 4.74. The van der Waals surface area contributed by atoms with Crippen molar-refractivity contribution in [3.05, 3.63) is 0 Å². The lowest BCUT2D eigenvalue weighted by Gasteiger charge is -2.37. The van der Waals surface area contributed by atoms with E-state index >= 15 is 0 Å². The van der Waals surface area contributed by atoms with Crippen molar-refractivity contribution < 1.29 is 0 Å². The molecule has 0 bridgehead atoms. The monoisotopic (exact) mass is 252 g/mol. The molecule has 0 aromatic heterocycles. The molecule has 4 heteroatoms. The summed E-state index contributed by atoms with van der Waals surface area (Å²) < 4.78 is 0. The summed E-state index contributed by atoms with van der Waals surface area (Å²) >= 11 is 0. The van der Waals surface area contributed by atoms with Crippen molar-refractivity contribution in [1.29, 1.82) is 5.41 Å². The van der Waals surface area contributed by atoms with Gasteiger partial charge in [0.2, 0.25) is 0 Å². The third kappa shape index (κ3) is 3.45. The Balaban J connectivity index is 1.78. The van der Waals surface area contributed by atoms with Gasteiger partial charge in [0.05, 0.1) is 5.84 Å². The number of piperidine rings is 1. The summed E-state index contributed by atoms with van der Waals surface area (Å²) in [5.41, 5.74) is 5.92. The number of nitrogens with two attached hydrogens (primary N) is 1. The predicted octanol–water partition coefficient (Wildman–Crippen LogP) is 1.51. The Kier molecular flexibility index (Phi) is 4.28. The van der Waals surface area contributed by atoms with Crippen molar-refractivity contribution in [2.24, 2.45) is 11.1 Å². The van der Waals surface area contributed by atoms with E-state index in [1.807, 2.05) is 0 Å². The Bertz CT molecular complexity index is 290. The van der Waals surface area contributed by atoms with Crippen molar-refractivity contribution in [1.82, 2.24) is 9.80 Å². The summed E-state index contributed by atoms with van der Waals surface area (Å²) in [6, 6.07) is 0.734. The first-order valence-corrected chi connectivity index (χ1v) is 7.30. The van der Waals surface area contributed by atoms with Gasteiger partial charge in [-0.05, 0) is 57.8 Å². The Morgan fingerprint density at radius 2 is 2.00 bits per heavy atom. The summed E-state index contributed by atoms with van der Waals surface area (Å²) in [6.07, 6.45) is 5.89. The van der Waals surface area contributed by atoms with Gasteiger partial charge in [0.15, 0.2) is 0 Å². The van der Waals surface area contributed by atoms with Gasteiger partial charge in [0.1, 0.15) is 0 Å². The van der Waals surface area contributed by atoms with Crippen molar-refractivity contribution >= 4 is 5.84 Å². The van der Waals surface area contributed by atoms with Crippen LogP contribution >= 0.6 is 0 Å². The maximum absolute atomic E-state index is 7.48. The molecule has 104 valence electrons. The molecular weight excluding hydrogens is 224 g/mol. The van der Waals surface area contributed by atoms with Gasteiger partial charge < -0.3 is 15.5 Å². The minimum absolute atomic E-state index is 0.350. The van der Waals surface area contributed by atoms with Crippen molar-refractivity contribution in [3.8, 4) is 0 Å². The largest absolute Gasteiger partial charge is 0.388 e. The van der Waals surface area contributed by atoms with Crippen LogP contribution in [0.4, 0.5) is 0 Å². The molecule has 0 radical (unpaired) electrons. The summed E-state index contributed by atoms with van der Waals surface area (Å²) in [6.45, 7) is 7.04. The first kappa shape index (κ1) is 13.8. The van der Waals surface area contributed by atoms with Crippen LogP contribution in [0, 0.1) is 10.8 Å². The van der Waals surface area contributed by atoms with E-state index in [1.165, 1.54) is 45.3 Å². The predicted molar refractivity (Wildman–Crippen MR) is 76.0 cm³/mol. The molecule has 1 aliphatic carbocycles. The smallest absolute Gasteiger partial charge is 0.0911 e. The summed E-state index contributed by atoms with van der Waals surface area (Å²) in [5.74, 6) is 0.363. The molecule has 0 aromatic rings. The highest BCUT2D eigenvalue weighted by Gasteiger charge is 2.44. The maximum Gasteiger partial charge on any atom is 0.0911 e. The molecule has 1 saturated heterocycles. The molecule has 1 aliphatic heterocycles. The highest BCUT2D eigenvalue weighted by atomic mass is 15.2. The second kappa shape index (κ2) is 5.57. The molecule has 1 saturated carbocycles. The lowest BCUT2D eigenvalue weighted by Crippen LogP contribution is -2.45. The average Bonchev–Trinajstić information content (AvgIpc) is 3.07. The molecule has 0 aromatic carbocycles. The molecule has 18 heavy (non-hydrogen) atoms. The van der Waals surface area contributed by atoms with Crippen LogP contribution in [0.5, 0.6) is 0 Å². The highest BCUT2D eigenvalue weighted by molar-refractivity contribution is 5.78. The second-order valence-corrected chi connectivity index (χ2v) is 6.28. The summed E-state index contributed by atoms with van der Waals surface area (Å²) in [5, 5.41) is 7.48. The van der Waals surface area contributed by atoms with Gasteiger partial charge >= 0.3 is 0 Å². The Hall–Kier alpha value is -0.610. The zero-order valence-corrected chi connectivity index (χ0v) is 11.9. The van der Waals surface area contributed by atoms with Crippen LogP contribution in [-0.4, -0.2) is 54.9 Å². The molecule has 0 atom stereocenters. The topological polar surface area (TPSA) is 56.4 Å². The van der Waals surface area contributed by atoms with Gasteiger partial charge in [-0.25, -0.2) is 0 Å². The van der Waals surface area contributed by atoms with Crippen LogP contribution in [0.2, 0.25) is 0 Å². The third-order valence-electron chi connectivity index (χ3n) is 4.74. The fourth-order valence-electron chi connectivity index (χ4n) is 3.31. The van der Waals surface area contributed by atoms with E-state index in [0.717, 1.165) is 19.0 Å². The molecule has 0 spiro atoms. The molecule has 2 rings (SSSR count). The summed E-state index contributed by atoms with van der Waals surface area (Å²) in [4.78, 5) is 5.07. The quantitative estimate of drug-likeness (QED) is 0.556. The van der Waals surface area contributed by atoms with Gasteiger partial charge in [-0.15, -0.1) is 0 Å². The minimum Gasteiger partial charge on any atom is -0.388 e. The van der Waals surface area contributed by atoms with E-state index in [9.17, 15) is 0 Å². The summed E-state index contributed by atoms with van der Waals surface area (Å²) in [7, 11) is 2.26. The van der Waals surface area contributed by atoms with Gasteiger partial charge in [-0.3, -0.25) is 5.41 Å². The Morgan fingerprint density at radius 3 is 2.44 bits per heavy atom. The normalized spacial score (nSPS) is 24.4. The number of hydrogen-bond acceptors (Lipinski definition) is 3. The van der Waals surface area contributed by atoms with E-state index in [1.54, 1.807) is 0 Å². The zero-order valence-electron chi connectivity index (χ0n) is 11.9. The maximum atomic E-state index is 7.48. The molecule has 0 amide bonds. The van der Waals surface area contributed by atoms with Gasteiger partial charge in [-0.1, -0.05) is 6.92 Å². The van der Waals surface area contributed by atoms with E-state index in [4.69, 9.17) is 11.1 Å². The van der Waals surface area contributed by atoms with Gasteiger partial charge in [0.25, 0.3) is 0 Å². The standard InChI is InChI=1S/C14H28N4/c1-3-18-8-4-12(5-9-18)17(2)11-14(6-7-14)10-13(15)16/h12H,3-11H2,1-2H3,(H3,15,16). The number of hydrogen-bond donors (Lipinski definition) is 2. The molecule has 2 aliphatic rings. The van der Waals surface area contributed by atoms with E-state index < -0.39 is 0 Å². The van der Waals surface area contributed by atoms with Crippen molar-refractivity contribution in [2.75, 3.05) is 33.2 Å². The minimum atomic E-state index is 0.350. The van der Waals surface area contributed by atoms with E-state index in [-0.39, 0.29) is 0 Å². The molecule has 2 fully saturated rings. The molecule has 4 nitrogen and oxygen atoms in total. The Labute approximate surface area is 111 Å². The van der Waals surface area contributed by atoms with Crippen LogP contribution in [0.3, 0.4) is 0 Å². The van der Waals surface area contributed by atoms with E-state index in [2.05, 4.69) is 23.8 Å². The number of likely N-dealkylation sites (tertiary alicyclic amines) is 1. The van der Waals surface area contributed by atoms with Crippen LogP contribution in [0.25, 0.3) is 0 Å². The van der Waals surface area contributed by atoms with Gasteiger partial charge in [0, 0.05) is 19.0 Å². The van der Waals surface area contributed by atoms with Crippen molar-refractivity contribution in [2.45, 2.75) is 45.1 Å². The SMILES string of the molecule is CCN1CCC(N(C)CC2(CC(=N)N)CC2)CC1. The molecule has 1 heterocycles. The number of amidine groups is 1. The van der Waals surface area contributed by atoms with Gasteiger partial charge in [-0.2, -0.15) is 0 Å². The van der Waals surface area contributed by atoms with Crippen molar-refractivity contribution in [3.63, 3.8) is 0 Å². The average molecular weight is 252 g/mol. The first-order valence-electron chi connectivity index (χ1n) is 7.30. The molecule has 0 unspecified atom stereocenters.